The summed E-state index contributed by atoms with van der Waals surface area (Å²) in [5, 5.41) is 2.45. The fourth-order valence-electron chi connectivity index (χ4n) is 4.28. The van der Waals surface area contributed by atoms with Gasteiger partial charge in [0.2, 0.25) is 0 Å². The first kappa shape index (κ1) is 24.8. The molecule has 0 N–H and O–H groups in total. The second kappa shape index (κ2) is 11.0. The highest BCUT2D eigenvalue weighted by molar-refractivity contribution is 6.12. The molecular weight excluding hydrogens is 480 g/mol. The van der Waals surface area contributed by atoms with Crippen LogP contribution in [-0.2, 0) is 12.8 Å². The molecule has 0 fully saturated rings. The van der Waals surface area contributed by atoms with Gasteiger partial charge >= 0.3 is 12.3 Å². The SMILES string of the molecule is CCc1ccc2c(OC(=O)Oc3ccccc3)c3cc(CC)ccc3c(OC(=O)Oc3ccccc3)c2c1. The summed E-state index contributed by atoms with van der Waals surface area (Å²) < 4.78 is 22.5. The van der Waals surface area contributed by atoms with E-state index in [1.54, 1.807) is 48.5 Å². The van der Waals surface area contributed by atoms with Crippen LogP contribution in [0.2, 0.25) is 0 Å². The van der Waals surface area contributed by atoms with Gasteiger partial charge in [-0.05, 0) is 60.4 Å². The third kappa shape index (κ3) is 5.30. The van der Waals surface area contributed by atoms with Crippen molar-refractivity contribution in [3.8, 4) is 23.0 Å². The summed E-state index contributed by atoms with van der Waals surface area (Å²) in [6.45, 7) is 4.07. The molecule has 6 heteroatoms. The fourth-order valence-corrected chi connectivity index (χ4v) is 4.28. The first-order valence-corrected chi connectivity index (χ1v) is 12.5. The lowest BCUT2D eigenvalue weighted by molar-refractivity contribution is 0.151. The maximum atomic E-state index is 12.9. The average Bonchev–Trinajstić information content (AvgIpc) is 2.95. The quantitative estimate of drug-likeness (QED) is 0.131. The predicted octanol–water partition coefficient (Wildman–Crippen LogP) is 8.27. The molecule has 0 aliphatic carbocycles. The normalized spacial score (nSPS) is 10.8. The summed E-state index contributed by atoms with van der Waals surface area (Å²) in [5.41, 5.74) is 2.06. The fraction of sp³-hybridized carbons (Fsp3) is 0.125. The van der Waals surface area contributed by atoms with Crippen LogP contribution in [0.25, 0.3) is 21.5 Å². The molecule has 0 bridgehead atoms. The molecule has 0 aliphatic rings. The number of aryl methyl sites for hydroxylation is 2. The number of carbonyl (C=O) groups is 2. The molecule has 0 unspecified atom stereocenters. The van der Waals surface area contributed by atoms with E-state index in [9.17, 15) is 9.59 Å². The summed E-state index contributed by atoms with van der Waals surface area (Å²) in [7, 11) is 0. The minimum Gasteiger partial charge on any atom is -0.395 e. The molecule has 5 rings (SSSR count). The van der Waals surface area contributed by atoms with Gasteiger partial charge in [-0.3, -0.25) is 0 Å². The Morgan fingerprint density at radius 3 is 1.26 bits per heavy atom. The highest BCUT2D eigenvalue weighted by Crippen LogP contribution is 2.44. The Balaban J connectivity index is 1.64. The predicted molar refractivity (Wildman–Crippen MR) is 146 cm³/mol. The van der Waals surface area contributed by atoms with Crippen LogP contribution in [0.1, 0.15) is 25.0 Å². The van der Waals surface area contributed by atoms with Gasteiger partial charge in [-0.1, -0.05) is 74.5 Å². The molecule has 0 saturated carbocycles. The smallest absolute Gasteiger partial charge is 0.395 e. The summed E-state index contributed by atoms with van der Waals surface area (Å²) in [5.74, 6) is 1.41. The number of fused-ring (bicyclic) bond motifs is 2. The Bertz CT molecular complexity index is 1490. The van der Waals surface area contributed by atoms with Crippen LogP contribution in [0.4, 0.5) is 9.59 Å². The molecule has 0 atom stereocenters. The summed E-state index contributed by atoms with van der Waals surface area (Å²) in [6.07, 6.45) is -0.193. The van der Waals surface area contributed by atoms with E-state index in [1.165, 1.54) is 0 Å². The summed E-state index contributed by atoms with van der Waals surface area (Å²) in [4.78, 5) is 25.7. The first-order valence-electron chi connectivity index (χ1n) is 12.5. The van der Waals surface area contributed by atoms with Crippen molar-refractivity contribution in [2.45, 2.75) is 26.7 Å². The lowest BCUT2D eigenvalue weighted by Gasteiger charge is -2.17. The van der Waals surface area contributed by atoms with Gasteiger partial charge in [-0.15, -0.1) is 0 Å². The Morgan fingerprint density at radius 2 is 0.895 bits per heavy atom. The molecule has 0 radical (unpaired) electrons. The second-order valence-corrected chi connectivity index (χ2v) is 8.66. The standard InChI is InChI=1S/C32H26O6/c1-3-21-15-17-25-27(19-21)29(37-31(33)35-23-11-7-5-8-12-23)26-18-16-22(4-2)20-28(26)30(25)38-32(34)36-24-13-9-6-10-14-24/h5-20H,3-4H2,1-2H3. The zero-order valence-corrected chi connectivity index (χ0v) is 21.1. The molecule has 0 aromatic heterocycles. The zero-order chi connectivity index (χ0) is 26.5. The first-order chi connectivity index (χ1) is 18.6. The molecule has 0 amide bonds. The van der Waals surface area contributed by atoms with Crippen LogP contribution in [0.15, 0.2) is 97.1 Å². The minimum atomic E-state index is -0.863. The second-order valence-electron chi connectivity index (χ2n) is 8.66. The Labute approximate surface area is 220 Å². The highest BCUT2D eigenvalue weighted by Gasteiger charge is 2.22. The van der Waals surface area contributed by atoms with Crippen molar-refractivity contribution in [3.05, 3.63) is 108 Å². The van der Waals surface area contributed by atoms with Crippen molar-refractivity contribution in [3.63, 3.8) is 0 Å². The zero-order valence-electron chi connectivity index (χ0n) is 21.1. The monoisotopic (exact) mass is 506 g/mol. The van der Waals surface area contributed by atoms with Crippen molar-refractivity contribution < 1.29 is 28.5 Å². The van der Waals surface area contributed by atoms with Gasteiger partial charge in [0.05, 0.1) is 0 Å². The van der Waals surface area contributed by atoms with Gasteiger partial charge in [0.1, 0.15) is 23.0 Å². The van der Waals surface area contributed by atoms with Crippen molar-refractivity contribution in [2.24, 2.45) is 0 Å². The Hall–Kier alpha value is -4.84. The molecular formula is C32H26O6. The number of para-hydroxylation sites is 2. The van der Waals surface area contributed by atoms with Crippen molar-refractivity contribution >= 4 is 33.9 Å². The Morgan fingerprint density at radius 1 is 0.500 bits per heavy atom. The summed E-state index contributed by atoms with van der Waals surface area (Å²) >= 11 is 0. The van der Waals surface area contributed by atoms with E-state index < -0.39 is 12.3 Å². The summed E-state index contributed by atoms with van der Waals surface area (Å²) in [6, 6.07) is 29.0. The third-order valence-electron chi connectivity index (χ3n) is 6.22. The molecule has 5 aromatic carbocycles. The number of rotatable bonds is 6. The molecule has 6 nitrogen and oxygen atoms in total. The van der Waals surface area contributed by atoms with E-state index in [2.05, 4.69) is 0 Å². The minimum absolute atomic E-state index is 0.331. The Kier molecular flexibility index (Phi) is 7.22. The van der Waals surface area contributed by atoms with Gasteiger partial charge < -0.3 is 18.9 Å². The maximum absolute atomic E-state index is 12.9. The molecule has 0 spiro atoms. The van der Waals surface area contributed by atoms with Gasteiger partial charge in [-0.2, -0.15) is 0 Å². The van der Waals surface area contributed by atoms with Crippen LogP contribution in [0.3, 0.4) is 0 Å². The van der Waals surface area contributed by atoms with Crippen molar-refractivity contribution in [1.82, 2.24) is 0 Å². The van der Waals surface area contributed by atoms with E-state index in [1.807, 2.05) is 62.4 Å². The van der Waals surface area contributed by atoms with Crippen LogP contribution in [0.5, 0.6) is 23.0 Å². The molecule has 0 saturated heterocycles. The van der Waals surface area contributed by atoms with E-state index >= 15 is 0 Å². The van der Waals surface area contributed by atoms with Crippen LogP contribution < -0.4 is 18.9 Å². The van der Waals surface area contributed by atoms with E-state index in [-0.39, 0.29) is 0 Å². The van der Waals surface area contributed by atoms with Crippen molar-refractivity contribution in [2.75, 3.05) is 0 Å². The highest BCUT2D eigenvalue weighted by atomic mass is 16.7. The molecule has 0 aliphatic heterocycles. The van der Waals surface area contributed by atoms with Gasteiger partial charge in [-0.25, -0.2) is 9.59 Å². The number of carbonyl (C=O) groups excluding carboxylic acids is 2. The van der Waals surface area contributed by atoms with E-state index in [0.717, 1.165) is 24.0 Å². The molecule has 0 heterocycles. The molecule has 5 aromatic rings. The van der Waals surface area contributed by atoms with Crippen LogP contribution in [-0.4, -0.2) is 12.3 Å². The van der Waals surface area contributed by atoms with Crippen LogP contribution >= 0.6 is 0 Å². The topological polar surface area (TPSA) is 71.1 Å². The lowest BCUT2D eigenvalue weighted by Crippen LogP contribution is -2.16. The number of benzene rings is 5. The van der Waals surface area contributed by atoms with Gasteiger partial charge in [0, 0.05) is 21.5 Å². The van der Waals surface area contributed by atoms with Crippen molar-refractivity contribution in [1.29, 1.82) is 0 Å². The van der Waals surface area contributed by atoms with E-state index in [0.29, 0.717) is 44.5 Å². The van der Waals surface area contributed by atoms with E-state index in [4.69, 9.17) is 18.9 Å². The third-order valence-corrected chi connectivity index (χ3v) is 6.22. The van der Waals surface area contributed by atoms with Gasteiger partial charge in [0.15, 0.2) is 0 Å². The molecule has 190 valence electrons. The van der Waals surface area contributed by atoms with Gasteiger partial charge in [0.25, 0.3) is 0 Å². The number of ether oxygens (including phenoxy) is 4. The molecule has 38 heavy (non-hydrogen) atoms. The van der Waals surface area contributed by atoms with Crippen LogP contribution in [0, 0.1) is 0 Å². The number of hydrogen-bond donors (Lipinski definition) is 0. The maximum Gasteiger partial charge on any atom is 0.519 e. The number of hydrogen-bond acceptors (Lipinski definition) is 6. The average molecular weight is 507 g/mol. The largest absolute Gasteiger partial charge is 0.519 e. The lowest BCUT2D eigenvalue weighted by atomic mass is 9.96.